The van der Waals surface area contributed by atoms with Crippen molar-refractivity contribution in [2.75, 3.05) is 0 Å². The van der Waals surface area contributed by atoms with Gasteiger partial charge in [0.15, 0.2) is 11.5 Å². The zero-order valence-electron chi connectivity index (χ0n) is 11.6. The fourth-order valence-electron chi connectivity index (χ4n) is 2.10. The first-order chi connectivity index (χ1) is 7.78. The monoisotopic (exact) mass is 231 g/mol. The lowest BCUT2D eigenvalue weighted by atomic mass is 9.92. The minimum Gasteiger partial charge on any atom is -0.440 e. The first-order valence-corrected chi connectivity index (χ1v) is 6.14. The van der Waals surface area contributed by atoms with Gasteiger partial charge in [0, 0.05) is 6.42 Å². The van der Waals surface area contributed by atoms with Crippen molar-refractivity contribution in [3.63, 3.8) is 0 Å². The maximum absolute atomic E-state index is 5.90. The molecule has 92 valence electrons. The summed E-state index contributed by atoms with van der Waals surface area (Å²) >= 11 is 0. The van der Waals surface area contributed by atoms with E-state index in [0.29, 0.717) is 0 Å². The average molecular weight is 231 g/mol. The molecule has 1 heterocycles. The second kappa shape index (κ2) is 3.86. The number of nitrogens with zero attached hydrogens (tertiary/aromatic N) is 1. The minimum absolute atomic E-state index is 0.206. The summed E-state index contributed by atoms with van der Waals surface area (Å²) in [7, 11) is 0. The molecule has 2 aromatic rings. The van der Waals surface area contributed by atoms with Crippen molar-refractivity contribution in [2.24, 2.45) is 5.41 Å². The Balaban J connectivity index is 2.58. The van der Waals surface area contributed by atoms with E-state index in [1.165, 1.54) is 16.7 Å². The Labute approximate surface area is 103 Å². The van der Waals surface area contributed by atoms with E-state index in [4.69, 9.17) is 4.42 Å². The number of aryl methyl sites for hydroxylation is 3. The van der Waals surface area contributed by atoms with Gasteiger partial charge in [-0.1, -0.05) is 26.8 Å². The van der Waals surface area contributed by atoms with Gasteiger partial charge in [-0.15, -0.1) is 0 Å². The summed E-state index contributed by atoms with van der Waals surface area (Å²) in [6.45, 7) is 12.9. The summed E-state index contributed by atoms with van der Waals surface area (Å²) < 4.78 is 5.90. The van der Waals surface area contributed by atoms with E-state index in [9.17, 15) is 0 Å². The highest BCUT2D eigenvalue weighted by molar-refractivity contribution is 5.81. The number of aromatic nitrogens is 1. The molecular formula is C15H21NO. The number of rotatable bonds is 1. The van der Waals surface area contributed by atoms with Gasteiger partial charge in [-0.05, 0) is 42.9 Å². The van der Waals surface area contributed by atoms with E-state index in [2.05, 4.69) is 52.6 Å². The van der Waals surface area contributed by atoms with Crippen LogP contribution in [0, 0.1) is 26.2 Å². The fourth-order valence-corrected chi connectivity index (χ4v) is 2.10. The summed E-state index contributed by atoms with van der Waals surface area (Å²) in [6, 6.07) is 2.17. The predicted molar refractivity (Wildman–Crippen MR) is 71.4 cm³/mol. The number of hydrogen-bond donors (Lipinski definition) is 0. The molecule has 0 aliphatic rings. The van der Waals surface area contributed by atoms with Crippen molar-refractivity contribution >= 4 is 11.1 Å². The van der Waals surface area contributed by atoms with E-state index in [0.717, 1.165) is 23.4 Å². The van der Waals surface area contributed by atoms with Crippen LogP contribution in [0.3, 0.4) is 0 Å². The molecule has 1 aromatic heterocycles. The zero-order chi connectivity index (χ0) is 12.8. The smallest absolute Gasteiger partial charge is 0.196 e. The van der Waals surface area contributed by atoms with Gasteiger partial charge < -0.3 is 4.42 Å². The molecule has 2 nitrogen and oxygen atoms in total. The van der Waals surface area contributed by atoms with Gasteiger partial charge in [-0.2, -0.15) is 0 Å². The molecule has 0 N–H and O–H groups in total. The average Bonchev–Trinajstić information content (AvgIpc) is 2.56. The molecule has 2 heteroatoms. The zero-order valence-corrected chi connectivity index (χ0v) is 11.6. The molecule has 17 heavy (non-hydrogen) atoms. The third-order valence-corrected chi connectivity index (χ3v) is 3.09. The summed E-state index contributed by atoms with van der Waals surface area (Å²) in [4.78, 5) is 4.65. The van der Waals surface area contributed by atoms with E-state index in [-0.39, 0.29) is 5.41 Å². The van der Waals surface area contributed by atoms with E-state index < -0.39 is 0 Å². The van der Waals surface area contributed by atoms with Crippen LogP contribution in [0.1, 0.15) is 43.4 Å². The molecule has 0 radical (unpaired) electrons. The van der Waals surface area contributed by atoms with Gasteiger partial charge in [0.25, 0.3) is 0 Å². The Morgan fingerprint density at radius 1 is 1.12 bits per heavy atom. The Hall–Kier alpha value is -1.31. The standard InChI is InChI=1S/C15H21NO/c1-9-7-10(2)14-13(11(9)3)16-12(17-14)8-15(4,5)6/h7H,8H2,1-6H3. The molecular weight excluding hydrogens is 210 g/mol. The maximum Gasteiger partial charge on any atom is 0.196 e. The lowest BCUT2D eigenvalue weighted by Gasteiger charge is -2.14. The highest BCUT2D eigenvalue weighted by Gasteiger charge is 2.18. The molecule has 2 rings (SSSR count). The molecule has 0 unspecified atom stereocenters. The second-order valence-electron chi connectivity index (χ2n) is 6.16. The highest BCUT2D eigenvalue weighted by atomic mass is 16.3. The van der Waals surface area contributed by atoms with E-state index in [1.807, 2.05) is 0 Å². The normalized spacial score (nSPS) is 12.4. The van der Waals surface area contributed by atoms with Gasteiger partial charge in [0.05, 0.1) is 0 Å². The largest absolute Gasteiger partial charge is 0.440 e. The number of hydrogen-bond acceptors (Lipinski definition) is 2. The van der Waals surface area contributed by atoms with Gasteiger partial charge in [0.1, 0.15) is 5.52 Å². The van der Waals surface area contributed by atoms with Gasteiger partial charge in [-0.25, -0.2) is 4.98 Å². The lowest BCUT2D eigenvalue weighted by molar-refractivity contribution is 0.361. The van der Waals surface area contributed by atoms with Crippen LogP contribution < -0.4 is 0 Å². The quantitative estimate of drug-likeness (QED) is 0.729. The minimum atomic E-state index is 0.206. The Morgan fingerprint density at radius 2 is 1.76 bits per heavy atom. The number of oxazole rings is 1. The lowest BCUT2D eigenvalue weighted by Crippen LogP contribution is -2.09. The second-order valence-corrected chi connectivity index (χ2v) is 6.16. The van der Waals surface area contributed by atoms with Crippen molar-refractivity contribution in [1.82, 2.24) is 4.98 Å². The molecule has 0 bridgehead atoms. The molecule has 0 aliphatic carbocycles. The first-order valence-electron chi connectivity index (χ1n) is 6.14. The van der Waals surface area contributed by atoms with Crippen LogP contribution in [0.25, 0.3) is 11.1 Å². The highest BCUT2D eigenvalue weighted by Crippen LogP contribution is 2.28. The molecule has 0 aliphatic heterocycles. The summed E-state index contributed by atoms with van der Waals surface area (Å²) in [6.07, 6.45) is 0.875. The predicted octanol–water partition coefficient (Wildman–Crippen LogP) is 4.34. The van der Waals surface area contributed by atoms with Crippen LogP contribution in [0.2, 0.25) is 0 Å². The SMILES string of the molecule is Cc1cc(C)c2oc(CC(C)(C)C)nc2c1C. The molecule has 0 saturated carbocycles. The Morgan fingerprint density at radius 3 is 2.35 bits per heavy atom. The van der Waals surface area contributed by atoms with Crippen LogP contribution >= 0.6 is 0 Å². The maximum atomic E-state index is 5.90. The third kappa shape index (κ3) is 2.36. The molecule has 0 atom stereocenters. The number of benzene rings is 1. The summed E-state index contributed by atoms with van der Waals surface area (Å²) in [5.74, 6) is 0.851. The van der Waals surface area contributed by atoms with Crippen LogP contribution in [-0.4, -0.2) is 4.98 Å². The van der Waals surface area contributed by atoms with Crippen LogP contribution in [-0.2, 0) is 6.42 Å². The fraction of sp³-hybridized carbons (Fsp3) is 0.533. The third-order valence-electron chi connectivity index (χ3n) is 3.09. The topological polar surface area (TPSA) is 26.0 Å². The van der Waals surface area contributed by atoms with Crippen LogP contribution in [0.4, 0.5) is 0 Å². The van der Waals surface area contributed by atoms with E-state index >= 15 is 0 Å². The molecule has 1 aromatic carbocycles. The Bertz CT molecular complexity index is 558. The van der Waals surface area contributed by atoms with Gasteiger partial charge >= 0.3 is 0 Å². The van der Waals surface area contributed by atoms with Crippen molar-refractivity contribution in [1.29, 1.82) is 0 Å². The van der Waals surface area contributed by atoms with Gasteiger partial charge in [-0.3, -0.25) is 0 Å². The van der Waals surface area contributed by atoms with Crippen LogP contribution in [0.5, 0.6) is 0 Å². The summed E-state index contributed by atoms with van der Waals surface area (Å²) in [5.41, 5.74) is 5.88. The summed E-state index contributed by atoms with van der Waals surface area (Å²) in [5, 5.41) is 0. The van der Waals surface area contributed by atoms with Crippen molar-refractivity contribution in [2.45, 2.75) is 48.0 Å². The number of fused-ring (bicyclic) bond motifs is 1. The van der Waals surface area contributed by atoms with Gasteiger partial charge in [0.2, 0.25) is 0 Å². The molecule has 0 fully saturated rings. The first kappa shape index (κ1) is 12.2. The van der Waals surface area contributed by atoms with Crippen molar-refractivity contribution < 1.29 is 4.42 Å². The van der Waals surface area contributed by atoms with Crippen molar-refractivity contribution in [3.8, 4) is 0 Å². The van der Waals surface area contributed by atoms with E-state index in [1.54, 1.807) is 0 Å². The Kier molecular flexibility index (Phi) is 2.76. The van der Waals surface area contributed by atoms with Crippen molar-refractivity contribution in [3.05, 3.63) is 28.6 Å². The van der Waals surface area contributed by atoms with Crippen LogP contribution in [0.15, 0.2) is 10.5 Å². The molecule has 0 spiro atoms. The molecule has 0 saturated heterocycles. The molecule has 0 amide bonds.